The van der Waals surface area contributed by atoms with Crippen molar-refractivity contribution in [2.45, 2.75) is 38.5 Å². The van der Waals surface area contributed by atoms with Gasteiger partial charge in [0.15, 0.2) is 0 Å². The molecule has 10 heteroatoms. The van der Waals surface area contributed by atoms with Crippen LogP contribution in [0.4, 0.5) is 13.2 Å². The molecule has 1 fully saturated rings. The number of amides is 1. The molecule has 0 aromatic carbocycles. The molecule has 1 aromatic heterocycles. The van der Waals surface area contributed by atoms with Crippen molar-refractivity contribution < 1.29 is 27.6 Å². The lowest BCUT2D eigenvalue weighted by atomic mass is 9.98. The normalized spacial score (nSPS) is 22.5. The molecule has 0 unspecified atom stereocenters. The first-order chi connectivity index (χ1) is 10.8. The first-order valence-electron chi connectivity index (χ1n) is 7.35. The summed E-state index contributed by atoms with van der Waals surface area (Å²) in [5.41, 5.74) is 0. The Bertz CT molecular complexity index is 535. The average molecular weight is 336 g/mol. The lowest BCUT2D eigenvalue weighted by Crippen LogP contribution is -2.41. The molecule has 2 rings (SSSR count). The third-order valence-electron chi connectivity index (χ3n) is 3.75. The number of nitrogens with one attached hydrogen (secondary N) is 1. The van der Waals surface area contributed by atoms with E-state index >= 15 is 0 Å². The number of carbonyl (C=O) groups is 1. The second-order valence-electron chi connectivity index (χ2n) is 5.58. The van der Waals surface area contributed by atoms with Gasteiger partial charge in [0.25, 0.3) is 5.82 Å². The van der Waals surface area contributed by atoms with E-state index in [1.807, 2.05) is 11.8 Å². The molecule has 1 aromatic rings. The lowest BCUT2D eigenvalue weighted by molar-refractivity contribution is -0.146. The van der Waals surface area contributed by atoms with Crippen LogP contribution in [0.2, 0.25) is 0 Å². The zero-order chi connectivity index (χ0) is 17.0. The number of alkyl halides is 3. The highest BCUT2D eigenvalue weighted by Crippen LogP contribution is 2.27. The van der Waals surface area contributed by atoms with Crippen LogP contribution in [-0.4, -0.2) is 51.8 Å². The van der Waals surface area contributed by atoms with Crippen molar-refractivity contribution >= 4 is 5.91 Å². The summed E-state index contributed by atoms with van der Waals surface area (Å²) in [5.74, 6) is -1.70. The predicted molar refractivity (Wildman–Crippen MR) is 72.0 cm³/mol. The van der Waals surface area contributed by atoms with E-state index in [1.54, 1.807) is 0 Å². The van der Waals surface area contributed by atoms with E-state index in [0.29, 0.717) is 13.1 Å². The summed E-state index contributed by atoms with van der Waals surface area (Å²) in [4.78, 5) is 16.6. The fourth-order valence-electron chi connectivity index (χ4n) is 2.79. The van der Waals surface area contributed by atoms with Gasteiger partial charge in [-0.25, -0.2) is 0 Å². The van der Waals surface area contributed by atoms with Crippen LogP contribution in [0.3, 0.4) is 0 Å². The Morgan fingerprint density at radius 3 is 2.78 bits per heavy atom. The van der Waals surface area contributed by atoms with Gasteiger partial charge in [-0.1, -0.05) is 18.5 Å². The third-order valence-corrected chi connectivity index (χ3v) is 3.75. The van der Waals surface area contributed by atoms with Gasteiger partial charge in [0.1, 0.15) is 6.61 Å². The van der Waals surface area contributed by atoms with Crippen molar-refractivity contribution in [3.05, 3.63) is 11.7 Å². The number of rotatable bonds is 6. The molecule has 1 aliphatic heterocycles. The third kappa shape index (κ3) is 4.64. The van der Waals surface area contributed by atoms with Crippen LogP contribution in [0, 0.1) is 5.92 Å². The van der Waals surface area contributed by atoms with Gasteiger partial charge in [0.05, 0.1) is 6.54 Å². The maximum absolute atomic E-state index is 12.5. The number of likely N-dealkylation sites (tertiary alicyclic amines) is 1. The van der Waals surface area contributed by atoms with Crippen molar-refractivity contribution in [2.75, 3.05) is 19.7 Å². The first kappa shape index (κ1) is 17.7. The van der Waals surface area contributed by atoms with Crippen LogP contribution < -0.4 is 5.32 Å². The number of aliphatic hydroxyl groups excluding tert-OH is 1. The fraction of sp³-hybridized carbons (Fsp3) is 0.769. The molecule has 7 nitrogen and oxygen atoms in total. The molecule has 2 heterocycles. The van der Waals surface area contributed by atoms with Crippen LogP contribution in [0.25, 0.3) is 0 Å². The quantitative estimate of drug-likeness (QED) is 0.798. The average Bonchev–Trinajstić information content (AvgIpc) is 3.07. The predicted octanol–water partition coefficient (Wildman–Crippen LogP) is 0.797. The van der Waals surface area contributed by atoms with Crippen molar-refractivity contribution in [3.8, 4) is 0 Å². The van der Waals surface area contributed by atoms with Crippen LogP contribution in [-0.2, 0) is 17.5 Å². The van der Waals surface area contributed by atoms with Crippen LogP contribution in [0.1, 0.15) is 31.5 Å². The van der Waals surface area contributed by atoms with Gasteiger partial charge in [-0.2, -0.15) is 18.2 Å². The highest BCUT2D eigenvalue weighted by molar-refractivity contribution is 5.77. The summed E-state index contributed by atoms with van der Waals surface area (Å²) < 4.78 is 42.0. The minimum absolute atomic E-state index is 0.0921. The van der Waals surface area contributed by atoms with Gasteiger partial charge >= 0.3 is 6.18 Å². The smallest absolute Gasteiger partial charge is 0.387 e. The fourth-order valence-corrected chi connectivity index (χ4v) is 2.79. The molecule has 1 saturated heterocycles. The Labute approximate surface area is 130 Å². The van der Waals surface area contributed by atoms with E-state index in [2.05, 4.69) is 20.0 Å². The minimum Gasteiger partial charge on any atom is -0.387 e. The molecule has 2 atom stereocenters. The molecule has 23 heavy (non-hydrogen) atoms. The molecule has 1 aliphatic rings. The topological polar surface area (TPSA) is 91.5 Å². The van der Waals surface area contributed by atoms with Crippen molar-refractivity contribution in [1.82, 2.24) is 20.4 Å². The molecule has 2 N–H and O–H groups in total. The second kappa shape index (κ2) is 7.26. The van der Waals surface area contributed by atoms with Crippen molar-refractivity contribution in [3.63, 3.8) is 0 Å². The van der Waals surface area contributed by atoms with E-state index in [-0.39, 0.29) is 24.4 Å². The van der Waals surface area contributed by atoms with Crippen LogP contribution in [0.15, 0.2) is 4.52 Å². The Hall–Kier alpha value is -1.68. The molecular weight excluding hydrogens is 317 g/mol. The monoisotopic (exact) mass is 336 g/mol. The number of aromatic nitrogens is 2. The Balaban J connectivity index is 1.98. The largest absolute Gasteiger partial charge is 0.455 e. The van der Waals surface area contributed by atoms with Crippen molar-refractivity contribution in [1.29, 1.82) is 0 Å². The van der Waals surface area contributed by atoms with Gasteiger partial charge in [0, 0.05) is 19.1 Å². The van der Waals surface area contributed by atoms with Crippen LogP contribution >= 0.6 is 0 Å². The van der Waals surface area contributed by atoms with E-state index in [4.69, 9.17) is 5.11 Å². The summed E-state index contributed by atoms with van der Waals surface area (Å²) in [6, 6.07) is -0.153. The number of aliphatic hydroxyl groups is 1. The van der Waals surface area contributed by atoms with E-state index < -0.39 is 24.5 Å². The molecule has 130 valence electrons. The molecule has 0 radical (unpaired) electrons. The summed E-state index contributed by atoms with van der Waals surface area (Å²) in [6.07, 6.45) is -2.84. The minimum atomic E-state index is -4.63. The Morgan fingerprint density at radius 2 is 2.22 bits per heavy atom. The Kier molecular flexibility index (Phi) is 5.58. The zero-order valence-corrected chi connectivity index (χ0v) is 12.6. The molecular formula is C13H19F3N4O3. The number of nitrogens with zero attached hydrogens (tertiary/aromatic N) is 3. The van der Waals surface area contributed by atoms with E-state index in [1.165, 1.54) is 0 Å². The van der Waals surface area contributed by atoms with E-state index in [0.717, 1.165) is 12.8 Å². The zero-order valence-electron chi connectivity index (χ0n) is 12.6. The number of carbonyl (C=O) groups excluding carboxylic acids is 1. The van der Waals surface area contributed by atoms with Crippen molar-refractivity contribution in [2.24, 2.45) is 5.92 Å². The lowest BCUT2D eigenvalue weighted by Gasteiger charge is -2.18. The number of hydrogen-bond donors (Lipinski definition) is 2. The van der Waals surface area contributed by atoms with E-state index in [9.17, 15) is 18.0 Å². The standard InChI is InChI=1S/C13H19F3N4O3/c1-2-3-8-4-20(5-9(8)17-10(22)7-21)6-11-18-12(19-23-11)13(14,15)16/h8-9,21H,2-7H2,1H3,(H,17,22)/t8-,9-/m0/s1. The summed E-state index contributed by atoms with van der Waals surface area (Å²) in [5, 5.41) is 14.5. The van der Waals surface area contributed by atoms with Gasteiger partial charge in [0.2, 0.25) is 11.8 Å². The first-order valence-corrected chi connectivity index (χ1v) is 7.35. The summed E-state index contributed by atoms with van der Waals surface area (Å²) in [6.45, 7) is 2.58. The van der Waals surface area contributed by atoms with Gasteiger partial charge in [-0.05, 0) is 12.3 Å². The molecule has 0 saturated carbocycles. The molecule has 0 aliphatic carbocycles. The maximum atomic E-state index is 12.5. The summed E-state index contributed by atoms with van der Waals surface area (Å²) in [7, 11) is 0. The molecule has 0 bridgehead atoms. The highest BCUT2D eigenvalue weighted by Gasteiger charge is 2.38. The van der Waals surface area contributed by atoms with Gasteiger partial charge in [-0.15, -0.1) is 0 Å². The van der Waals surface area contributed by atoms with Gasteiger partial charge < -0.3 is 14.9 Å². The van der Waals surface area contributed by atoms with Gasteiger partial charge in [-0.3, -0.25) is 9.69 Å². The second-order valence-corrected chi connectivity index (χ2v) is 5.58. The summed E-state index contributed by atoms with van der Waals surface area (Å²) >= 11 is 0. The highest BCUT2D eigenvalue weighted by atomic mass is 19.4. The molecule has 1 amide bonds. The SMILES string of the molecule is CCC[C@H]1CN(Cc2nc(C(F)(F)F)no2)C[C@@H]1NC(=O)CO. The molecule has 0 spiro atoms. The van der Waals surface area contributed by atoms with Crippen LogP contribution in [0.5, 0.6) is 0 Å². The number of halogens is 3. The maximum Gasteiger partial charge on any atom is 0.455 e. The Morgan fingerprint density at radius 1 is 1.48 bits per heavy atom. The number of hydrogen-bond acceptors (Lipinski definition) is 6.